The van der Waals surface area contributed by atoms with Crippen LogP contribution in [-0.4, -0.2) is 18.6 Å². The highest BCUT2D eigenvalue weighted by Crippen LogP contribution is 2.18. The number of thioether (sulfide) groups is 1. The van der Waals surface area contributed by atoms with Crippen molar-refractivity contribution in [2.24, 2.45) is 0 Å². The lowest BCUT2D eigenvalue weighted by Gasteiger charge is -2.07. The molecule has 0 atom stereocenters. The van der Waals surface area contributed by atoms with E-state index in [1.54, 1.807) is 17.8 Å². The van der Waals surface area contributed by atoms with E-state index < -0.39 is 0 Å². The topological polar surface area (TPSA) is 26.3 Å². The molecule has 37 heavy (non-hydrogen) atoms. The van der Waals surface area contributed by atoms with Crippen molar-refractivity contribution in [3.8, 4) is 5.75 Å². The lowest BCUT2D eigenvalue weighted by Crippen LogP contribution is -2.00. The van der Waals surface area contributed by atoms with Crippen LogP contribution in [0.5, 0.6) is 5.75 Å². The quantitative estimate of drug-likeness (QED) is 0.0665. The van der Waals surface area contributed by atoms with Gasteiger partial charge in [0.2, 0.25) is 0 Å². The SMILES string of the molecule is CCCCCCCCCCCCCCCCCCOc1cccc(C(=O)/C=C/c2ccc(SC)cc2)c1. The number of ether oxygens (including phenoxy) is 1. The third kappa shape index (κ3) is 15.1. The molecular weight excluding hydrogens is 472 g/mol. The van der Waals surface area contributed by atoms with Crippen molar-refractivity contribution in [3.05, 3.63) is 65.7 Å². The summed E-state index contributed by atoms with van der Waals surface area (Å²) >= 11 is 1.71. The number of allylic oxidation sites excluding steroid dienone is 1. The highest BCUT2D eigenvalue weighted by atomic mass is 32.2. The van der Waals surface area contributed by atoms with E-state index in [-0.39, 0.29) is 5.78 Å². The lowest BCUT2D eigenvalue weighted by molar-refractivity contribution is 0.104. The molecule has 0 aliphatic rings. The number of carbonyl (C=O) groups is 1. The van der Waals surface area contributed by atoms with E-state index in [2.05, 4.69) is 25.3 Å². The molecule has 0 aromatic heterocycles. The molecule has 3 heteroatoms. The molecule has 0 spiro atoms. The zero-order chi connectivity index (χ0) is 26.4. The average molecular weight is 523 g/mol. The molecule has 2 rings (SSSR count). The highest BCUT2D eigenvalue weighted by Gasteiger charge is 2.04. The van der Waals surface area contributed by atoms with Gasteiger partial charge in [0.15, 0.2) is 5.78 Å². The molecule has 0 unspecified atom stereocenters. The van der Waals surface area contributed by atoms with Crippen molar-refractivity contribution in [2.75, 3.05) is 12.9 Å². The van der Waals surface area contributed by atoms with Crippen molar-refractivity contribution in [1.29, 1.82) is 0 Å². The van der Waals surface area contributed by atoms with Gasteiger partial charge >= 0.3 is 0 Å². The normalized spacial score (nSPS) is 11.3. The van der Waals surface area contributed by atoms with E-state index in [1.807, 2.05) is 42.5 Å². The van der Waals surface area contributed by atoms with Crippen LogP contribution in [0.25, 0.3) is 6.08 Å². The van der Waals surface area contributed by atoms with Crippen molar-refractivity contribution in [2.45, 2.75) is 115 Å². The summed E-state index contributed by atoms with van der Waals surface area (Å²) in [7, 11) is 0. The molecule has 2 aromatic carbocycles. The largest absolute Gasteiger partial charge is 0.494 e. The van der Waals surface area contributed by atoms with E-state index in [0.29, 0.717) is 12.2 Å². The van der Waals surface area contributed by atoms with Crippen molar-refractivity contribution in [1.82, 2.24) is 0 Å². The summed E-state index contributed by atoms with van der Waals surface area (Å²) in [5.74, 6) is 0.784. The first-order chi connectivity index (χ1) is 18.2. The average Bonchev–Trinajstić information content (AvgIpc) is 2.93. The summed E-state index contributed by atoms with van der Waals surface area (Å²) in [5.41, 5.74) is 1.70. The summed E-state index contributed by atoms with van der Waals surface area (Å²) in [5, 5.41) is 0. The Labute approximate surface area is 231 Å². The van der Waals surface area contributed by atoms with E-state index >= 15 is 0 Å². The Bertz CT molecular complexity index is 872. The number of benzene rings is 2. The molecule has 0 radical (unpaired) electrons. The minimum atomic E-state index is 0.00167. The molecule has 0 amide bonds. The molecular formula is C34H50O2S. The summed E-state index contributed by atoms with van der Waals surface area (Å²) < 4.78 is 5.93. The molecule has 0 saturated carbocycles. The minimum Gasteiger partial charge on any atom is -0.494 e. The maximum atomic E-state index is 12.6. The maximum Gasteiger partial charge on any atom is 0.185 e. The van der Waals surface area contributed by atoms with Crippen LogP contribution in [0, 0.1) is 0 Å². The Kier molecular flexibility index (Phi) is 17.7. The fraction of sp³-hybridized carbons (Fsp3) is 0.559. The number of carbonyl (C=O) groups excluding carboxylic acids is 1. The Morgan fingerprint density at radius 1 is 0.730 bits per heavy atom. The van der Waals surface area contributed by atoms with Gasteiger partial charge in [-0.3, -0.25) is 4.79 Å². The van der Waals surface area contributed by atoms with Crippen LogP contribution < -0.4 is 4.74 Å². The summed E-state index contributed by atoms with van der Waals surface area (Å²) in [6, 6.07) is 15.8. The Hall–Kier alpha value is -2.00. The van der Waals surface area contributed by atoms with Crippen LogP contribution in [0.2, 0.25) is 0 Å². The van der Waals surface area contributed by atoms with Gasteiger partial charge in [-0.25, -0.2) is 0 Å². The smallest absolute Gasteiger partial charge is 0.185 e. The third-order valence-corrected chi connectivity index (χ3v) is 7.67. The van der Waals surface area contributed by atoms with Crippen LogP contribution in [0.15, 0.2) is 59.5 Å². The standard InChI is InChI=1S/C34H50O2S/c1-3-4-5-6-7-8-9-10-11-12-13-14-15-16-17-18-28-36-32-21-19-20-31(29-32)34(35)27-24-30-22-25-33(37-2)26-23-30/h19-27,29H,3-18,28H2,1-2H3/b27-24+. The molecule has 0 bridgehead atoms. The van der Waals surface area contributed by atoms with Crippen molar-refractivity contribution >= 4 is 23.6 Å². The van der Waals surface area contributed by atoms with Gasteiger partial charge in [-0.2, -0.15) is 0 Å². The van der Waals surface area contributed by atoms with Crippen molar-refractivity contribution in [3.63, 3.8) is 0 Å². The first-order valence-corrected chi connectivity index (χ1v) is 16.0. The number of rotatable bonds is 22. The Balaban J connectivity index is 1.48. The number of ketones is 1. The first kappa shape index (κ1) is 31.2. The fourth-order valence-corrected chi connectivity index (χ4v) is 4.97. The lowest BCUT2D eigenvalue weighted by atomic mass is 10.0. The molecule has 204 valence electrons. The highest BCUT2D eigenvalue weighted by molar-refractivity contribution is 7.98. The van der Waals surface area contributed by atoms with Gasteiger partial charge in [0.25, 0.3) is 0 Å². The first-order valence-electron chi connectivity index (χ1n) is 14.8. The van der Waals surface area contributed by atoms with Crippen LogP contribution in [0.1, 0.15) is 126 Å². The van der Waals surface area contributed by atoms with Gasteiger partial charge in [0, 0.05) is 10.5 Å². The zero-order valence-electron chi connectivity index (χ0n) is 23.5. The second-order valence-electron chi connectivity index (χ2n) is 10.2. The van der Waals surface area contributed by atoms with Crippen LogP contribution in [-0.2, 0) is 0 Å². The summed E-state index contributed by atoms with van der Waals surface area (Å²) in [6.45, 7) is 3.00. The van der Waals surface area contributed by atoms with Gasteiger partial charge in [-0.1, -0.05) is 134 Å². The molecule has 0 saturated heterocycles. The molecule has 0 aliphatic heterocycles. The molecule has 0 aliphatic carbocycles. The fourth-order valence-electron chi connectivity index (χ4n) is 4.56. The maximum absolute atomic E-state index is 12.6. The number of hydrogen-bond acceptors (Lipinski definition) is 3. The van der Waals surface area contributed by atoms with E-state index in [9.17, 15) is 4.79 Å². The Morgan fingerprint density at radius 3 is 1.81 bits per heavy atom. The van der Waals surface area contributed by atoms with Gasteiger partial charge in [-0.15, -0.1) is 11.8 Å². The van der Waals surface area contributed by atoms with Crippen LogP contribution in [0.4, 0.5) is 0 Å². The van der Waals surface area contributed by atoms with Gasteiger partial charge in [0.1, 0.15) is 5.75 Å². The molecule has 0 N–H and O–H groups in total. The third-order valence-electron chi connectivity index (χ3n) is 6.93. The zero-order valence-corrected chi connectivity index (χ0v) is 24.3. The van der Waals surface area contributed by atoms with Gasteiger partial charge < -0.3 is 4.74 Å². The van der Waals surface area contributed by atoms with Gasteiger partial charge in [-0.05, 0) is 48.6 Å². The number of unbranched alkanes of at least 4 members (excludes halogenated alkanes) is 15. The predicted octanol–water partition coefficient (Wildman–Crippen LogP) is 10.9. The van der Waals surface area contributed by atoms with E-state index in [1.165, 1.54) is 101 Å². The van der Waals surface area contributed by atoms with E-state index in [4.69, 9.17) is 4.74 Å². The van der Waals surface area contributed by atoms with Gasteiger partial charge in [0.05, 0.1) is 6.61 Å². The molecule has 2 aromatic rings. The summed E-state index contributed by atoms with van der Waals surface area (Å²) in [6.07, 6.45) is 27.5. The Morgan fingerprint density at radius 2 is 1.27 bits per heavy atom. The van der Waals surface area contributed by atoms with Crippen LogP contribution >= 0.6 is 11.8 Å². The van der Waals surface area contributed by atoms with Crippen molar-refractivity contribution < 1.29 is 9.53 Å². The predicted molar refractivity (Wildman–Crippen MR) is 163 cm³/mol. The molecule has 2 nitrogen and oxygen atoms in total. The number of hydrogen-bond donors (Lipinski definition) is 0. The second kappa shape index (κ2) is 21.0. The van der Waals surface area contributed by atoms with Crippen LogP contribution in [0.3, 0.4) is 0 Å². The summed E-state index contributed by atoms with van der Waals surface area (Å²) in [4.78, 5) is 13.8. The molecule has 0 fully saturated rings. The minimum absolute atomic E-state index is 0.00167. The monoisotopic (exact) mass is 522 g/mol. The second-order valence-corrected chi connectivity index (χ2v) is 11.0. The molecule has 0 heterocycles. The van der Waals surface area contributed by atoms with E-state index in [0.717, 1.165) is 17.7 Å².